The van der Waals surface area contributed by atoms with Gasteiger partial charge in [0, 0.05) is 19.6 Å². The molecule has 13 heavy (non-hydrogen) atoms. The molecule has 0 fully saturated rings. The zero-order chi connectivity index (χ0) is 9.68. The summed E-state index contributed by atoms with van der Waals surface area (Å²) in [5.41, 5.74) is 7.39. The Kier molecular flexibility index (Phi) is 3.79. The molecule has 0 amide bonds. The van der Waals surface area contributed by atoms with Gasteiger partial charge in [-0.1, -0.05) is 0 Å². The first kappa shape index (κ1) is 10.1. The lowest BCUT2D eigenvalue weighted by atomic mass is 10.1. The molecule has 0 aliphatic heterocycles. The van der Waals surface area contributed by atoms with Gasteiger partial charge >= 0.3 is 0 Å². The summed E-state index contributed by atoms with van der Waals surface area (Å²) < 4.78 is 5.03. The summed E-state index contributed by atoms with van der Waals surface area (Å²) in [5.74, 6) is 0.151. The first-order valence-corrected chi connectivity index (χ1v) is 4.27. The highest BCUT2D eigenvalue weighted by Gasteiger charge is 2.10. The summed E-state index contributed by atoms with van der Waals surface area (Å²) in [6.45, 7) is 3.03. The van der Waals surface area contributed by atoms with E-state index >= 15 is 0 Å². The summed E-state index contributed by atoms with van der Waals surface area (Å²) in [6, 6.07) is 3.87. The molecule has 4 nitrogen and oxygen atoms in total. The Morgan fingerprint density at radius 3 is 2.69 bits per heavy atom. The number of rotatable bonds is 4. The monoisotopic (exact) mass is 181 g/mol. The number of aromatic nitrogens is 2. The van der Waals surface area contributed by atoms with Crippen LogP contribution in [0.3, 0.4) is 0 Å². The van der Waals surface area contributed by atoms with E-state index in [0.717, 1.165) is 11.4 Å². The predicted octanol–water partition coefficient (Wildman–Crippen LogP) is 0.474. The van der Waals surface area contributed by atoms with Crippen LogP contribution in [0.15, 0.2) is 12.1 Å². The quantitative estimate of drug-likeness (QED) is 0.733. The molecular weight excluding hydrogens is 166 g/mol. The summed E-state index contributed by atoms with van der Waals surface area (Å²) in [6.07, 6.45) is 0. The fraction of sp³-hybridized carbons (Fsp3) is 0.556. The number of nitrogens with zero attached hydrogens (tertiary/aromatic N) is 2. The van der Waals surface area contributed by atoms with Crippen LogP contribution < -0.4 is 5.73 Å². The van der Waals surface area contributed by atoms with Gasteiger partial charge in [-0.3, -0.25) is 0 Å². The van der Waals surface area contributed by atoms with E-state index in [2.05, 4.69) is 10.2 Å². The maximum atomic E-state index is 5.58. The van der Waals surface area contributed by atoms with Crippen molar-refractivity contribution >= 4 is 0 Å². The van der Waals surface area contributed by atoms with Gasteiger partial charge in [-0.2, -0.15) is 10.2 Å². The van der Waals surface area contributed by atoms with Crippen LogP contribution in [-0.2, 0) is 4.74 Å². The van der Waals surface area contributed by atoms with E-state index in [-0.39, 0.29) is 5.92 Å². The van der Waals surface area contributed by atoms with Gasteiger partial charge in [0.05, 0.1) is 18.0 Å². The van der Waals surface area contributed by atoms with E-state index in [1.807, 2.05) is 19.1 Å². The number of ether oxygens (including phenoxy) is 1. The zero-order valence-corrected chi connectivity index (χ0v) is 8.03. The smallest absolute Gasteiger partial charge is 0.0697 e. The Bertz CT molecular complexity index is 248. The fourth-order valence-corrected chi connectivity index (χ4v) is 1.10. The Balaban J connectivity index is 2.73. The molecule has 0 aliphatic carbocycles. The number of hydrogen-bond donors (Lipinski definition) is 1. The van der Waals surface area contributed by atoms with Crippen LogP contribution in [0.25, 0.3) is 0 Å². The third-order valence-corrected chi connectivity index (χ3v) is 1.89. The molecule has 2 N–H and O–H groups in total. The lowest BCUT2D eigenvalue weighted by Crippen LogP contribution is -2.18. The second-order valence-electron chi connectivity index (χ2n) is 2.99. The normalized spacial score (nSPS) is 12.8. The third-order valence-electron chi connectivity index (χ3n) is 1.89. The van der Waals surface area contributed by atoms with E-state index in [9.17, 15) is 0 Å². The van der Waals surface area contributed by atoms with Gasteiger partial charge in [0.2, 0.25) is 0 Å². The number of aryl methyl sites for hydroxylation is 1. The van der Waals surface area contributed by atoms with Gasteiger partial charge in [-0.15, -0.1) is 0 Å². The van der Waals surface area contributed by atoms with Crippen molar-refractivity contribution in [1.82, 2.24) is 10.2 Å². The Morgan fingerprint density at radius 1 is 1.46 bits per heavy atom. The van der Waals surface area contributed by atoms with Crippen molar-refractivity contribution in [3.8, 4) is 0 Å². The molecule has 0 aromatic carbocycles. The van der Waals surface area contributed by atoms with Gasteiger partial charge in [0.15, 0.2) is 0 Å². The predicted molar refractivity (Wildman–Crippen MR) is 50.4 cm³/mol. The number of hydrogen-bond acceptors (Lipinski definition) is 4. The largest absolute Gasteiger partial charge is 0.384 e. The molecule has 1 rings (SSSR count). The highest BCUT2D eigenvalue weighted by atomic mass is 16.5. The molecule has 0 saturated heterocycles. The maximum absolute atomic E-state index is 5.58. The van der Waals surface area contributed by atoms with Gasteiger partial charge in [0.1, 0.15) is 0 Å². The average molecular weight is 181 g/mol. The van der Waals surface area contributed by atoms with Gasteiger partial charge in [-0.25, -0.2) is 0 Å². The van der Waals surface area contributed by atoms with E-state index < -0.39 is 0 Å². The van der Waals surface area contributed by atoms with Crippen molar-refractivity contribution in [1.29, 1.82) is 0 Å². The Hall–Kier alpha value is -1.00. The third kappa shape index (κ3) is 2.75. The molecule has 0 bridgehead atoms. The van der Waals surface area contributed by atoms with Crippen molar-refractivity contribution < 1.29 is 4.74 Å². The van der Waals surface area contributed by atoms with Crippen LogP contribution in [-0.4, -0.2) is 30.5 Å². The van der Waals surface area contributed by atoms with Crippen molar-refractivity contribution in [3.63, 3.8) is 0 Å². The molecule has 1 aromatic heterocycles. The lowest BCUT2D eigenvalue weighted by molar-refractivity contribution is 0.179. The van der Waals surface area contributed by atoms with Crippen LogP contribution in [0.5, 0.6) is 0 Å². The van der Waals surface area contributed by atoms with E-state index in [1.165, 1.54) is 0 Å². The number of methoxy groups -OCH3 is 1. The lowest BCUT2D eigenvalue weighted by Gasteiger charge is -2.11. The van der Waals surface area contributed by atoms with Gasteiger partial charge in [-0.05, 0) is 19.1 Å². The first-order valence-electron chi connectivity index (χ1n) is 4.27. The molecule has 0 unspecified atom stereocenters. The van der Waals surface area contributed by atoms with Gasteiger partial charge in [0.25, 0.3) is 0 Å². The van der Waals surface area contributed by atoms with Crippen molar-refractivity contribution in [2.75, 3.05) is 20.3 Å². The minimum Gasteiger partial charge on any atom is -0.384 e. The summed E-state index contributed by atoms with van der Waals surface area (Å²) in [7, 11) is 1.66. The SMILES string of the molecule is COC[C@H](CN)c1ccc(C)nn1. The zero-order valence-electron chi connectivity index (χ0n) is 8.03. The van der Waals surface area contributed by atoms with Gasteiger partial charge < -0.3 is 10.5 Å². The molecular formula is C9H15N3O. The molecule has 4 heteroatoms. The molecule has 72 valence electrons. The summed E-state index contributed by atoms with van der Waals surface area (Å²) >= 11 is 0. The van der Waals surface area contributed by atoms with E-state index in [1.54, 1.807) is 7.11 Å². The maximum Gasteiger partial charge on any atom is 0.0697 e. The average Bonchev–Trinajstić information content (AvgIpc) is 2.16. The Labute approximate surface area is 78.1 Å². The molecule has 0 saturated carbocycles. The molecule has 0 spiro atoms. The first-order chi connectivity index (χ1) is 6.27. The topological polar surface area (TPSA) is 61.0 Å². The van der Waals surface area contributed by atoms with E-state index in [0.29, 0.717) is 13.2 Å². The van der Waals surface area contributed by atoms with Crippen molar-refractivity contribution in [2.24, 2.45) is 5.73 Å². The molecule has 0 aliphatic rings. The molecule has 0 radical (unpaired) electrons. The van der Waals surface area contributed by atoms with Crippen LogP contribution >= 0.6 is 0 Å². The van der Waals surface area contributed by atoms with Crippen molar-refractivity contribution in [2.45, 2.75) is 12.8 Å². The molecule has 1 heterocycles. The van der Waals surface area contributed by atoms with Crippen LogP contribution in [0.2, 0.25) is 0 Å². The second kappa shape index (κ2) is 4.89. The number of nitrogens with two attached hydrogens (primary N) is 1. The van der Waals surface area contributed by atoms with Crippen LogP contribution in [0, 0.1) is 6.92 Å². The molecule has 1 aromatic rings. The standard InChI is InChI=1S/C9H15N3O/c1-7-3-4-9(12-11-7)8(5-10)6-13-2/h3-4,8H,5-6,10H2,1-2H3/t8-/m0/s1. The minimum absolute atomic E-state index is 0.151. The highest BCUT2D eigenvalue weighted by Crippen LogP contribution is 2.10. The second-order valence-corrected chi connectivity index (χ2v) is 2.99. The van der Waals surface area contributed by atoms with E-state index in [4.69, 9.17) is 10.5 Å². The molecule has 1 atom stereocenters. The Morgan fingerprint density at radius 2 is 2.23 bits per heavy atom. The fourth-order valence-electron chi connectivity index (χ4n) is 1.10. The van der Waals surface area contributed by atoms with Crippen LogP contribution in [0.4, 0.5) is 0 Å². The summed E-state index contributed by atoms with van der Waals surface area (Å²) in [5, 5.41) is 8.03. The van der Waals surface area contributed by atoms with Crippen LogP contribution in [0.1, 0.15) is 17.3 Å². The van der Waals surface area contributed by atoms with Crippen molar-refractivity contribution in [3.05, 3.63) is 23.5 Å². The summed E-state index contributed by atoms with van der Waals surface area (Å²) in [4.78, 5) is 0. The minimum atomic E-state index is 0.151. The highest BCUT2D eigenvalue weighted by molar-refractivity contribution is 5.10.